The molecule has 0 radical (unpaired) electrons. The van der Waals surface area contributed by atoms with Gasteiger partial charge in [-0.1, -0.05) is 0 Å². The lowest BCUT2D eigenvalue weighted by Crippen LogP contribution is -2.28. The number of pyridine rings is 1. The second kappa shape index (κ2) is 5.70. The Morgan fingerprint density at radius 2 is 2.11 bits per heavy atom. The van der Waals surface area contributed by atoms with Crippen LogP contribution >= 0.6 is 0 Å². The van der Waals surface area contributed by atoms with Crippen LogP contribution in [0.15, 0.2) is 16.9 Å². The Morgan fingerprint density at radius 1 is 1.47 bits per heavy atom. The molecule has 1 aromatic rings. The van der Waals surface area contributed by atoms with E-state index < -0.39 is 16.9 Å². The zero-order valence-corrected chi connectivity index (χ0v) is 11.4. The Morgan fingerprint density at radius 3 is 2.63 bits per heavy atom. The number of hydrogen-bond donors (Lipinski definition) is 1. The Kier molecular flexibility index (Phi) is 4.49. The Hall–Kier alpha value is -2.09. The normalized spacial score (nSPS) is 11.1. The highest BCUT2D eigenvalue weighted by Gasteiger charge is 2.17. The molecule has 5 heteroatoms. The van der Waals surface area contributed by atoms with Crippen LogP contribution in [0.5, 0.6) is 0 Å². The van der Waals surface area contributed by atoms with Crippen molar-refractivity contribution in [2.75, 3.05) is 0 Å². The summed E-state index contributed by atoms with van der Waals surface area (Å²) < 4.78 is 1.46. The van der Waals surface area contributed by atoms with E-state index in [-0.39, 0.29) is 5.56 Å². The molecule has 1 heterocycles. The Labute approximate surface area is 112 Å². The number of aromatic nitrogens is 1. The fraction of sp³-hybridized carbons (Fsp3) is 0.500. The minimum absolute atomic E-state index is 0.217. The van der Waals surface area contributed by atoms with Crippen LogP contribution in [0.2, 0.25) is 0 Å². The van der Waals surface area contributed by atoms with Crippen molar-refractivity contribution in [2.24, 2.45) is 5.41 Å². The summed E-state index contributed by atoms with van der Waals surface area (Å²) >= 11 is 0. The van der Waals surface area contributed by atoms with Gasteiger partial charge in [-0.2, -0.15) is 5.26 Å². The number of carbonyl (C=O) groups is 1. The van der Waals surface area contributed by atoms with E-state index in [0.29, 0.717) is 19.4 Å². The predicted octanol–water partition coefficient (Wildman–Crippen LogP) is 2.18. The molecule has 1 N–H and O–H groups in total. The summed E-state index contributed by atoms with van der Waals surface area (Å²) in [6.45, 7) is 5.88. The predicted molar refractivity (Wildman–Crippen MR) is 71.0 cm³/mol. The van der Waals surface area contributed by atoms with Gasteiger partial charge in [-0.3, -0.25) is 4.79 Å². The largest absolute Gasteiger partial charge is 0.477 e. The van der Waals surface area contributed by atoms with Crippen molar-refractivity contribution >= 4 is 5.97 Å². The molecule has 0 atom stereocenters. The first-order valence-corrected chi connectivity index (χ1v) is 6.13. The molecule has 5 nitrogen and oxygen atoms in total. The van der Waals surface area contributed by atoms with E-state index in [1.807, 2.05) is 13.8 Å². The average Bonchev–Trinajstić information content (AvgIpc) is 2.32. The number of carboxylic acids is 1. The highest BCUT2D eigenvalue weighted by molar-refractivity contribution is 5.87. The third kappa shape index (κ3) is 3.68. The third-order valence-corrected chi connectivity index (χ3v) is 3.11. The lowest BCUT2D eigenvalue weighted by Gasteiger charge is -2.16. The van der Waals surface area contributed by atoms with Crippen LogP contribution in [0.3, 0.4) is 0 Å². The van der Waals surface area contributed by atoms with Crippen molar-refractivity contribution in [1.82, 2.24) is 4.57 Å². The van der Waals surface area contributed by atoms with Gasteiger partial charge in [-0.15, -0.1) is 0 Å². The summed E-state index contributed by atoms with van der Waals surface area (Å²) in [4.78, 5) is 22.9. The van der Waals surface area contributed by atoms with Crippen molar-refractivity contribution in [1.29, 1.82) is 5.26 Å². The summed E-state index contributed by atoms with van der Waals surface area (Å²) in [6, 6.07) is 5.16. The van der Waals surface area contributed by atoms with Crippen LogP contribution in [0.4, 0.5) is 0 Å². The van der Waals surface area contributed by atoms with Gasteiger partial charge in [0.1, 0.15) is 5.56 Å². The molecule has 0 saturated heterocycles. The molecule has 1 rings (SSSR count). The van der Waals surface area contributed by atoms with Gasteiger partial charge in [0.2, 0.25) is 0 Å². The standard InChI is InChI=1S/C14H18N2O3/c1-10-5-6-11(13(18)19)12(17)16(10)8-4-7-14(2,3)9-15/h5-6H,4,7-8H2,1-3H3,(H,18,19). The number of nitrogens with zero attached hydrogens (tertiary/aromatic N) is 2. The fourth-order valence-corrected chi connectivity index (χ4v) is 1.85. The number of rotatable bonds is 5. The molecule has 0 amide bonds. The van der Waals surface area contributed by atoms with Gasteiger partial charge in [0, 0.05) is 12.2 Å². The molecule has 0 aliphatic heterocycles. The van der Waals surface area contributed by atoms with Gasteiger partial charge in [0.15, 0.2) is 0 Å². The van der Waals surface area contributed by atoms with Gasteiger partial charge in [0.25, 0.3) is 5.56 Å². The summed E-state index contributed by atoms with van der Waals surface area (Å²) in [6.07, 6.45) is 1.32. The average molecular weight is 262 g/mol. The van der Waals surface area contributed by atoms with Crippen molar-refractivity contribution in [3.8, 4) is 6.07 Å². The molecule has 0 unspecified atom stereocenters. The van der Waals surface area contributed by atoms with E-state index in [9.17, 15) is 9.59 Å². The van der Waals surface area contributed by atoms with E-state index in [0.717, 1.165) is 5.69 Å². The number of hydrogen-bond acceptors (Lipinski definition) is 3. The lowest BCUT2D eigenvalue weighted by atomic mass is 9.90. The molecule has 0 aliphatic rings. The molecule has 0 saturated carbocycles. The van der Waals surface area contributed by atoms with Crippen LogP contribution in [0.25, 0.3) is 0 Å². The molecule has 102 valence electrons. The monoisotopic (exact) mass is 262 g/mol. The van der Waals surface area contributed by atoms with Crippen LogP contribution in [0.1, 0.15) is 42.7 Å². The van der Waals surface area contributed by atoms with Gasteiger partial charge >= 0.3 is 5.97 Å². The van der Waals surface area contributed by atoms with E-state index in [1.165, 1.54) is 10.6 Å². The van der Waals surface area contributed by atoms with Crippen molar-refractivity contribution < 1.29 is 9.90 Å². The lowest BCUT2D eigenvalue weighted by molar-refractivity contribution is 0.0694. The molecular formula is C14H18N2O3. The first kappa shape index (κ1) is 15.0. The summed E-state index contributed by atoms with van der Waals surface area (Å²) in [7, 11) is 0. The number of aryl methyl sites for hydroxylation is 1. The van der Waals surface area contributed by atoms with E-state index in [2.05, 4.69) is 6.07 Å². The van der Waals surface area contributed by atoms with E-state index in [4.69, 9.17) is 10.4 Å². The van der Waals surface area contributed by atoms with Crippen LogP contribution in [-0.2, 0) is 6.54 Å². The second-order valence-electron chi connectivity index (χ2n) is 5.25. The number of aromatic carboxylic acids is 1. The maximum atomic E-state index is 12.0. The molecular weight excluding hydrogens is 244 g/mol. The molecule has 0 spiro atoms. The summed E-state index contributed by atoms with van der Waals surface area (Å²) in [5.41, 5.74) is -0.403. The SMILES string of the molecule is Cc1ccc(C(=O)O)c(=O)n1CCCC(C)(C)C#N. The number of carboxylic acid groups (broad SMARTS) is 1. The highest BCUT2D eigenvalue weighted by Crippen LogP contribution is 2.20. The van der Waals surface area contributed by atoms with Crippen LogP contribution in [-0.4, -0.2) is 15.6 Å². The maximum absolute atomic E-state index is 12.0. The summed E-state index contributed by atoms with van der Waals surface area (Å²) in [5.74, 6) is -1.21. The van der Waals surface area contributed by atoms with Crippen molar-refractivity contribution in [3.63, 3.8) is 0 Å². The van der Waals surface area contributed by atoms with E-state index >= 15 is 0 Å². The third-order valence-electron chi connectivity index (χ3n) is 3.11. The molecule has 1 aromatic heterocycles. The molecule has 0 aliphatic carbocycles. The molecule has 0 aromatic carbocycles. The number of nitriles is 1. The molecule has 0 bridgehead atoms. The van der Waals surface area contributed by atoms with Gasteiger partial charge in [0.05, 0.1) is 11.5 Å². The van der Waals surface area contributed by atoms with Gasteiger partial charge in [-0.25, -0.2) is 4.79 Å². The molecule has 19 heavy (non-hydrogen) atoms. The Balaban J connectivity index is 2.91. The van der Waals surface area contributed by atoms with Crippen LogP contribution < -0.4 is 5.56 Å². The van der Waals surface area contributed by atoms with Crippen molar-refractivity contribution in [2.45, 2.75) is 40.2 Å². The smallest absolute Gasteiger partial charge is 0.341 e. The second-order valence-corrected chi connectivity index (χ2v) is 5.25. The van der Waals surface area contributed by atoms with Crippen LogP contribution in [0, 0.1) is 23.7 Å². The fourth-order valence-electron chi connectivity index (χ4n) is 1.85. The Bertz CT molecular complexity index is 579. The molecule has 0 fully saturated rings. The maximum Gasteiger partial charge on any atom is 0.341 e. The van der Waals surface area contributed by atoms with Crippen molar-refractivity contribution in [3.05, 3.63) is 33.7 Å². The first-order valence-electron chi connectivity index (χ1n) is 6.13. The van der Waals surface area contributed by atoms with E-state index in [1.54, 1.807) is 13.0 Å². The topological polar surface area (TPSA) is 83.1 Å². The quantitative estimate of drug-likeness (QED) is 0.881. The summed E-state index contributed by atoms with van der Waals surface area (Å²) in [5, 5.41) is 17.8. The van der Waals surface area contributed by atoms with Gasteiger partial charge in [-0.05, 0) is 45.7 Å². The zero-order valence-electron chi connectivity index (χ0n) is 11.4. The zero-order chi connectivity index (χ0) is 14.6. The van der Waals surface area contributed by atoms with Gasteiger partial charge < -0.3 is 9.67 Å². The minimum Gasteiger partial charge on any atom is -0.477 e. The first-order chi connectivity index (χ1) is 8.78. The highest BCUT2D eigenvalue weighted by atomic mass is 16.4. The minimum atomic E-state index is -1.21.